The number of nitrogens with zero attached hydrogens (tertiary/aromatic N) is 5. The summed E-state index contributed by atoms with van der Waals surface area (Å²) in [4.78, 5) is 17.3. The standard InChI is InChI=1S/C27H32N6O2/c1-16-15-28-23(29-16)19-10-11-21(30-26(19)35-6)24-31-25-18(8-7-13-33(25)32-24)17-9-12-22(34-5)20(14-17)27(2,3)4/h9-12,14-15,18H,7-8,13H2,1-6H3,(H,28,29). The quantitative estimate of drug-likeness (QED) is 0.425. The molecule has 1 atom stereocenters. The van der Waals surface area contributed by atoms with E-state index in [4.69, 9.17) is 24.5 Å². The van der Waals surface area contributed by atoms with E-state index in [0.717, 1.165) is 48.0 Å². The number of hydrogen-bond donors (Lipinski definition) is 1. The maximum atomic E-state index is 5.65. The van der Waals surface area contributed by atoms with E-state index < -0.39 is 0 Å². The molecular weight excluding hydrogens is 440 g/mol. The molecule has 35 heavy (non-hydrogen) atoms. The number of ether oxygens (including phenoxy) is 2. The van der Waals surface area contributed by atoms with Gasteiger partial charge in [0.15, 0.2) is 5.82 Å². The molecule has 0 radical (unpaired) electrons. The molecule has 1 N–H and O–H groups in total. The fraction of sp³-hybridized carbons (Fsp3) is 0.407. The summed E-state index contributed by atoms with van der Waals surface area (Å²) in [6.45, 7) is 9.45. The normalized spacial score (nSPS) is 15.7. The molecule has 1 aliphatic rings. The van der Waals surface area contributed by atoms with Gasteiger partial charge in [0, 0.05) is 24.4 Å². The largest absolute Gasteiger partial charge is 0.496 e. The number of benzene rings is 1. The number of aromatic amines is 1. The van der Waals surface area contributed by atoms with Crippen molar-refractivity contribution < 1.29 is 9.47 Å². The highest BCUT2D eigenvalue weighted by Gasteiger charge is 2.29. The number of imidazole rings is 1. The first-order valence-electron chi connectivity index (χ1n) is 12.0. The summed E-state index contributed by atoms with van der Waals surface area (Å²) in [6, 6.07) is 10.4. The molecule has 0 saturated carbocycles. The van der Waals surface area contributed by atoms with Crippen molar-refractivity contribution in [2.45, 2.75) is 58.4 Å². The van der Waals surface area contributed by atoms with Crippen LogP contribution in [0.1, 0.15) is 62.2 Å². The van der Waals surface area contributed by atoms with Gasteiger partial charge in [-0.2, -0.15) is 0 Å². The van der Waals surface area contributed by atoms with Crippen molar-refractivity contribution in [3.05, 3.63) is 59.2 Å². The van der Waals surface area contributed by atoms with Crippen LogP contribution < -0.4 is 9.47 Å². The number of methoxy groups -OCH3 is 2. The Morgan fingerprint density at radius 1 is 1.06 bits per heavy atom. The Morgan fingerprint density at radius 3 is 2.57 bits per heavy atom. The monoisotopic (exact) mass is 472 g/mol. The fourth-order valence-electron chi connectivity index (χ4n) is 4.75. The lowest BCUT2D eigenvalue weighted by atomic mass is 9.82. The van der Waals surface area contributed by atoms with Gasteiger partial charge in [0.05, 0.1) is 19.8 Å². The summed E-state index contributed by atoms with van der Waals surface area (Å²) in [5.41, 5.74) is 4.88. The number of rotatable bonds is 5. The molecule has 0 saturated heterocycles. The van der Waals surface area contributed by atoms with E-state index in [-0.39, 0.29) is 11.3 Å². The highest BCUT2D eigenvalue weighted by atomic mass is 16.5. The average Bonchev–Trinajstić information content (AvgIpc) is 3.49. The lowest BCUT2D eigenvalue weighted by Crippen LogP contribution is -2.19. The first-order chi connectivity index (χ1) is 16.8. The zero-order valence-electron chi connectivity index (χ0n) is 21.2. The molecule has 0 aliphatic carbocycles. The minimum Gasteiger partial charge on any atom is -0.496 e. The van der Waals surface area contributed by atoms with E-state index in [2.05, 4.69) is 48.9 Å². The van der Waals surface area contributed by atoms with Gasteiger partial charge in [-0.1, -0.05) is 32.9 Å². The summed E-state index contributed by atoms with van der Waals surface area (Å²) >= 11 is 0. The van der Waals surface area contributed by atoms with Crippen LogP contribution in [0.5, 0.6) is 11.6 Å². The molecule has 0 fully saturated rings. The van der Waals surface area contributed by atoms with Crippen molar-refractivity contribution in [3.8, 4) is 34.5 Å². The van der Waals surface area contributed by atoms with Crippen molar-refractivity contribution in [3.63, 3.8) is 0 Å². The molecule has 0 amide bonds. The second-order valence-corrected chi connectivity index (χ2v) is 10.1. The third kappa shape index (κ3) is 4.29. The van der Waals surface area contributed by atoms with Crippen LogP contribution in [-0.2, 0) is 12.0 Å². The van der Waals surface area contributed by atoms with E-state index >= 15 is 0 Å². The Morgan fingerprint density at radius 2 is 1.89 bits per heavy atom. The van der Waals surface area contributed by atoms with Gasteiger partial charge in [-0.25, -0.2) is 19.6 Å². The predicted octanol–water partition coefficient (Wildman–Crippen LogP) is 5.28. The second-order valence-electron chi connectivity index (χ2n) is 10.1. The molecule has 182 valence electrons. The molecule has 8 heteroatoms. The number of aryl methyl sites for hydroxylation is 2. The summed E-state index contributed by atoms with van der Waals surface area (Å²) < 4.78 is 13.3. The molecule has 1 unspecified atom stereocenters. The number of pyridine rings is 1. The van der Waals surface area contributed by atoms with Crippen LogP contribution in [0.3, 0.4) is 0 Å². The van der Waals surface area contributed by atoms with E-state index in [0.29, 0.717) is 17.4 Å². The molecule has 0 spiro atoms. The third-order valence-corrected chi connectivity index (χ3v) is 6.55. The molecule has 4 heterocycles. The lowest BCUT2D eigenvalue weighted by Gasteiger charge is -2.26. The maximum Gasteiger partial charge on any atom is 0.224 e. The van der Waals surface area contributed by atoms with Crippen LogP contribution in [0.15, 0.2) is 36.5 Å². The van der Waals surface area contributed by atoms with Gasteiger partial charge in [-0.05, 0) is 54.5 Å². The fourth-order valence-corrected chi connectivity index (χ4v) is 4.75. The first-order valence-corrected chi connectivity index (χ1v) is 12.0. The van der Waals surface area contributed by atoms with Crippen LogP contribution in [0.4, 0.5) is 0 Å². The summed E-state index contributed by atoms with van der Waals surface area (Å²) in [5, 5.41) is 4.82. The number of aromatic nitrogens is 6. The number of fused-ring (bicyclic) bond motifs is 1. The average molecular weight is 473 g/mol. The Kier molecular flexibility index (Phi) is 5.83. The van der Waals surface area contributed by atoms with Gasteiger partial charge in [0.1, 0.15) is 23.1 Å². The predicted molar refractivity (Wildman–Crippen MR) is 135 cm³/mol. The topological polar surface area (TPSA) is 90.7 Å². The van der Waals surface area contributed by atoms with E-state index in [9.17, 15) is 0 Å². The lowest BCUT2D eigenvalue weighted by molar-refractivity contribution is 0.396. The third-order valence-electron chi connectivity index (χ3n) is 6.55. The van der Waals surface area contributed by atoms with Crippen molar-refractivity contribution in [1.29, 1.82) is 0 Å². The zero-order valence-corrected chi connectivity index (χ0v) is 21.2. The van der Waals surface area contributed by atoms with Gasteiger partial charge < -0.3 is 14.5 Å². The summed E-state index contributed by atoms with van der Waals surface area (Å²) in [5.74, 6) is 3.89. The van der Waals surface area contributed by atoms with Gasteiger partial charge in [-0.15, -0.1) is 5.10 Å². The molecule has 5 rings (SSSR count). The van der Waals surface area contributed by atoms with Crippen molar-refractivity contribution in [2.24, 2.45) is 0 Å². The number of nitrogens with one attached hydrogen (secondary N) is 1. The molecule has 4 aromatic rings. The Labute approximate surface area is 205 Å². The van der Waals surface area contributed by atoms with E-state index in [1.807, 2.05) is 23.7 Å². The minimum atomic E-state index is -0.0242. The highest BCUT2D eigenvalue weighted by molar-refractivity contribution is 5.65. The Balaban J connectivity index is 1.52. The first kappa shape index (κ1) is 23.1. The number of H-pyrrole nitrogens is 1. The van der Waals surface area contributed by atoms with Crippen LogP contribution in [0.2, 0.25) is 0 Å². The molecular formula is C27H32N6O2. The van der Waals surface area contributed by atoms with Gasteiger partial charge in [-0.3, -0.25) is 0 Å². The zero-order chi connectivity index (χ0) is 24.7. The van der Waals surface area contributed by atoms with E-state index in [1.54, 1.807) is 20.4 Å². The molecule has 1 aliphatic heterocycles. The van der Waals surface area contributed by atoms with E-state index in [1.165, 1.54) is 11.1 Å². The molecule has 1 aromatic carbocycles. The van der Waals surface area contributed by atoms with Gasteiger partial charge in [0.25, 0.3) is 0 Å². The molecule has 0 bridgehead atoms. The van der Waals surface area contributed by atoms with Gasteiger partial charge >= 0.3 is 0 Å². The molecule has 8 nitrogen and oxygen atoms in total. The summed E-state index contributed by atoms with van der Waals surface area (Å²) in [6.07, 6.45) is 3.87. The van der Waals surface area contributed by atoms with Crippen molar-refractivity contribution >= 4 is 0 Å². The highest BCUT2D eigenvalue weighted by Crippen LogP contribution is 2.39. The van der Waals surface area contributed by atoms with Crippen LogP contribution in [-0.4, -0.2) is 43.9 Å². The van der Waals surface area contributed by atoms with Crippen molar-refractivity contribution in [2.75, 3.05) is 14.2 Å². The summed E-state index contributed by atoms with van der Waals surface area (Å²) in [7, 11) is 3.34. The van der Waals surface area contributed by atoms with Gasteiger partial charge in [0.2, 0.25) is 5.88 Å². The second kappa shape index (κ2) is 8.83. The molecule has 3 aromatic heterocycles. The Bertz CT molecular complexity index is 1360. The SMILES string of the molecule is COc1ccc(C2CCCn3nc(-c4ccc(-c5ncc(C)[nH]5)c(OC)n4)nc32)cc1C(C)(C)C. The maximum absolute atomic E-state index is 5.65. The van der Waals surface area contributed by atoms with Crippen molar-refractivity contribution in [1.82, 2.24) is 29.7 Å². The van der Waals surface area contributed by atoms with Crippen LogP contribution in [0, 0.1) is 6.92 Å². The number of hydrogen-bond acceptors (Lipinski definition) is 6. The smallest absolute Gasteiger partial charge is 0.224 e. The van der Waals surface area contributed by atoms with Crippen LogP contribution in [0.25, 0.3) is 22.9 Å². The Hall–Kier alpha value is -3.68. The van der Waals surface area contributed by atoms with Crippen LogP contribution >= 0.6 is 0 Å². The minimum absolute atomic E-state index is 0.0242.